The summed E-state index contributed by atoms with van der Waals surface area (Å²) in [5.74, 6) is 1.36. The van der Waals surface area contributed by atoms with Crippen molar-refractivity contribution in [1.82, 2.24) is 14.9 Å². The smallest absolute Gasteiger partial charge is 0.262 e. The summed E-state index contributed by atoms with van der Waals surface area (Å²) in [5.41, 5.74) is 0.555. The fraction of sp³-hybridized carbons (Fsp3) is 0.571. The van der Waals surface area contributed by atoms with E-state index in [1.165, 1.54) is 18.2 Å². The van der Waals surface area contributed by atoms with E-state index in [9.17, 15) is 9.59 Å². The first kappa shape index (κ1) is 20.9. The van der Waals surface area contributed by atoms with Crippen LogP contribution in [0.5, 0.6) is 0 Å². The summed E-state index contributed by atoms with van der Waals surface area (Å²) in [6.45, 7) is 5.30. The van der Waals surface area contributed by atoms with Crippen LogP contribution in [0, 0.1) is 11.8 Å². The lowest BCUT2D eigenvalue weighted by molar-refractivity contribution is -0.120. The van der Waals surface area contributed by atoms with E-state index in [1.54, 1.807) is 17.7 Å². The molecule has 6 nitrogen and oxygen atoms in total. The molecule has 1 aromatic heterocycles. The first-order valence-corrected chi connectivity index (χ1v) is 10.9. The maximum absolute atomic E-state index is 12.8. The van der Waals surface area contributed by atoms with Crippen LogP contribution in [0.15, 0.2) is 34.2 Å². The van der Waals surface area contributed by atoms with Gasteiger partial charge in [-0.05, 0) is 30.4 Å². The summed E-state index contributed by atoms with van der Waals surface area (Å²) in [6, 6.07) is 7.53. The van der Waals surface area contributed by atoms with E-state index in [-0.39, 0.29) is 23.3 Å². The van der Waals surface area contributed by atoms with E-state index >= 15 is 0 Å². The molecule has 1 aliphatic carbocycles. The molecule has 0 aliphatic heterocycles. The van der Waals surface area contributed by atoms with Crippen molar-refractivity contribution in [1.29, 1.82) is 0 Å². The first-order chi connectivity index (χ1) is 13.5. The third-order valence-electron chi connectivity index (χ3n) is 5.73. The Hall–Kier alpha value is -1.86. The van der Waals surface area contributed by atoms with Gasteiger partial charge in [0.25, 0.3) is 5.56 Å². The molecule has 1 fully saturated rings. The predicted octanol–water partition coefficient (Wildman–Crippen LogP) is 3.08. The lowest BCUT2D eigenvalue weighted by Gasteiger charge is -2.34. The SMILES string of the molecule is COCCn1c(SCC(=O)N[C@H]2CCC[C@H](C)[C@H]2C)nc2ccccc2c1=O. The minimum absolute atomic E-state index is 0.00310. The lowest BCUT2D eigenvalue weighted by atomic mass is 9.78. The molecule has 3 rings (SSSR count). The number of ether oxygens (including phenoxy) is 1. The van der Waals surface area contributed by atoms with Gasteiger partial charge in [0.1, 0.15) is 0 Å². The Morgan fingerprint density at radius 2 is 2.11 bits per heavy atom. The number of amides is 1. The highest BCUT2D eigenvalue weighted by Crippen LogP contribution is 2.29. The fourth-order valence-electron chi connectivity index (χ4n) is 3.80. The van der Waals surface area contributed by atoms with Gasteiger partial charge in [-0.1, -0.05) is 50.6 Å². The van der Waals surface area contributed by atoms with Gasteiger partial charge in [-0.2, -0.15) is 0 Å². The average molecular weight is 404 g/mol. The Balaban J connectivity index is 1.73. The van der Waals surface area contributed by atoms with E-state index in [2.05, 4.69) is 24.1 Å². The molecular weight excluding hydrogens is 374 g/mol. The quantitative estimate of drug-likeness (QED) is 0.568. The molecule has 0 unspecified atom stereocenters. The molecule has 28 heavy (non-hydrogen) atoms. The zero-order chi connectivity index (χ0) is 20.1. The van der Waals surface area contributed by atoms with Gasteiger partial charge >= 0.3 is 0 Å². The number of nitrogens with one attached hydrogen (secondary N) is 1. The van der Waals surface area contributed by atoms with Crippen molar-refractivity contribution in [3.63, 3.8) is 0 Å². The van der Waals surface area contributed by atoms with Crippen molar-refractivity contribution >= 4 is 28.6 Å². The number of carbonyl (C=O) groups excluding carboxylic acids is 1. The Morgan fingerprint density at radius 1 is 1.32 bits per heavy atom. The molecule has 2 aromatic rings. The third-order valence-corrected chi connectivity index (χ3v) is 6.71. The Morgan fingerprint density at radius 3 is 2.89 bits per heavy atom. The van der Waals surface area contributed by atoms with Crippen LogP contribution in [0.1, 0.15) is 33.1 Å². The number of rotatable bonds is 7. The van der Waals surface area contributed by atoms with Crippen LogP contribution < -0.4 is 10.9 Å². The lowest BCUT2D eigenvalue weighted by Crippen LogP contribution is -2.44. The number of hydrogen-bond acceptors (Lipinski definition) is 5. The fourth-order valence-corrected chi connectivity index (χ4v) is 4.64. The molecule has 0 saturated heterocycles. The van der Waals surface area contributed by atoms with Crippen molar-refractivity contribution in [2.24, 2.45) is 11.8 Å². The van der Waals surface area contributed by atoms with Crippen molar-refractivity contribution < 1.29 is 9.53 Å². The molecule has 0 spiro atoms. The number of fused-ring (bicyclic) bond motifs is 1. The summed E-state index contributed by atoms with van der Waals surface area (Å²) in [4.78, 5) is 30.0. The number of aromatic nitrogens is 2. The molecule has 1 heterocycles. The van der Waals surface area contributed by atoms with Gasteiger partial charge in [-0.3, -0.25) is 14.2 Å². The normalized spacial score (nSPS) is 22.3. The molecule has 1 aliphatic rings. The third kappa shape index (κ3) is 4.75. The van der Waals surface area contributed by atoms with E-state index in [4.69, 9.17) is 4.74 Å². The minimum Gasteiger partial charge on any atom is -0.383 e. The minimum atomic E-state index is -0.0970. The highest BCUT2D eigenvalue weighted by molar-refractivity contribution is 7.99. The van der Waals surface area contributed by atoms with E-state index in [0.29, 0.717) is 41.0 Å². The summed E-state index contributed by atoms with van der Waals surface area (Å²) < 4.78 is 6.75. The number of methoxy groups -OCH3 is 1. The van der Waals surface area contributed by atoms with Crippen LogP contribution in [0.2, 0.25) is 0 Å². The Kier molecular flexibility index (Phi) is 7.13. The second-order valence-corrected chi connectivity index (χ2v) is 8.53. The van der Waals surface area contributed by atoms with Crippen molar-refractivity contribution in [2.45, 2.75) is 50.9 Å². The van der Waals surface area contributed by atoms with Gasteiger partial charge in [0.15, 0.2) is 5.16 Å². The zero-order valence-electron chi connectivity index (χ0n) is 16.8. The molecule has 152 valence electrons. The van der Waals surface area contributed by atoms with Crippen LogP contribution >= 0.6 is 11.8 Å². The Bertz CT molecular complexity index is 883. The molecule has 3 atom stereocenters. The number of thioether (sulfide) groups is 1. The second-order valence-electron chi connectivity index (χ2n) is 7.59. The number of carbonyl (C=O) groups is 1. The summed E-state index contributed by atoms with van der Waals surface area (Å²) in [6.07, 6.45) is 3.43. The average Bonchev–Trinajstić information content (AvgIpc) is 2.69. The molecular formula is C21H29N3O3S. The molecule has 1 saturated carbocycles. The van der Waals surface area contributed by atoms with Gasteiger partial charge in [-0.15, -0.1) is 0 Å². The van der Waals surface area contributed by atoms with Gasteiger partial charge < -0.3 is 10.1 Å². The molecule has 1 amide bonds. The van der Waals surface area contributed by atoms with Gasteiger partial charge in [0, 0.05) is 13.2 Å². The van der Waals surface area contributed by atoms with Crippen LogP contribution in [0.3, 0.4) is 0 Å². The molecule has 7 heteroatoms. The number of nitrogens with zero attached hydrogens (tertiary/aromatic N) is 2. The van der Waals surface area contributed by atoms with E-state index in [1.807, 2.05) is 18.2 Å². The van der Waals surface area contributed by atoms with Crippen LogP contribution in [0.25, 0.3) is 10.9 Å². The summed E-state index contributed by atoms with van der Waals surface area (Å²) in [5, 5.41) is 4.32. The van der Waals surface area contributed by atoms with Crippen molar-refractivity contribution in [2.75, 3.05) is 19.5 Å². The number of benzene rings is 1. The van der Waals surface area contributed by atoms with Crippen LogP contribution in [0.4, 0.5) is 0 Å². The maximum Gasteiger partial charge on any atom is 0.262 e. The largest absolute Gasteiger partial charge is 0.383 e. The maximum atomic E-state index is 12.8. The predicted molar refractivity (Wildman–Crippen MR) is 113 cm³/mol. The molecule has 0 bridgehead atoms. The Labute approximate surface area is 170 Å². The second kappa shape index (κ2) is 9.56. The highest BCUT2D eigenvalue weighted by atomic mass is 32.2. The monoisotopic (exact) mass is 403 g/mol. The topological polar surface area (TPSA) is 73.2 Å². The van der Waals surface area contributed by atoms with E-state index in [0.717, 1.165) is 12.8 Å². The van der Waals surface area contributed by atoms with Gasteiger partial charge in [0.2, 0.25) is 5.91 Å². The van der Waals surface area contributed by atoms with Crippen molar-refractivity contribution in [3.05, 3.63) is 34.6 Å². The number of hydrogen-bond donors (Lipinski definition) is 1. The summed E-state index contributed by atoms with van der Waals surface area (Å²) in [7, 11) is 1.60. The van der Waals surface area contributed by atoms with Gasteiger partial charge in [0.05, 0.1) is 29.8 Å². The van der Waals surface area contributed by atoms with Crippen molar-refractivity contribution in [3.8, 4) is 0 Å². The number of para-hydroxylation sites is 1. The molecule has 1 N–H and O–H groups in total. The molecule has 0 radical (unpaired) electrons. The first-order valence-electron chi connectivity index (χ1n) is 9.92. The standard InChI is InChI=1S/C21H29N3O3S/c1-14-7-6-10-17(15(14)2)22-19(25)13-28-21-23-18-9-5-4-8-16(18)20(26)24(21)11-12-27-3/h4-5,8-9,14-15,17H,6-7,10-13H2,1-3H3,(H,22,25)/t14-,15+,17-/m0/s1. The van der Waals surface area contributed by atoms with Crippen LogP contribution in [-0.4, -0.2) is 41.0 Å². The summed E-state index contributed by atoms with van der Waals surface area (Å²) >= 11 is 1.31. The zero-order valence-corrected chi connectivity index (χ0v) is 17.6. The van der Waals surface area contributed by atoms with Gasteiger partial charge in [-0.25, -0.2) is 4.98 Å². The van der Waals surface area contributed by atoms with Crippen LogP contribution in [-0.2, 0) is 16.1 Å². The molecule has 1 aromatic carbocycles. The highest BCUT2D eigenvalue weighted by Gasteiger charge is 2.28. The van der Waals surface area contributed by atoms with E-state index < -0.39 is 0 Å².